The lowest BCUT2D eigenvalue weighted by Gasteiger charge is -2.24. The number of aliphatic hydroxyl groups excluding tert-OH is 4. The fourth-order valence-corrected chi connectivity index (χ4v) is 3.80. The van der Waals surface area contributed by atoms with Crippen molar-refractivity contribution in [3.63, 3.8) is 0 Å². The fourth-order valence-electron chi connectivity index (χ4n) is 3.80. The van der Waals surface area contributed by atoms with Crippen LogP contribution in [0.5, 0.6) is 0 Å². The molecule has 5 N–H and O–H groups in total. The number of nitrogens with one attached hydrogen (secondary N) is 1. The number of carbonyl (C=O) groups excluding carboxylic acids is 1. The number of aliphatic hydroxyl groups is 4. The number of methoxy groups -OCH3 is 1. The molecule has 5 unspecified atom stereocenters. The molecule has 5 atom stereocenters. The van der Waals surface area contributed by atoms with Gasteiger partial charge in [-0.05, 0) is 50.5 Å². The maximum Gasteiger partial charge on any atom is 0.158 e. The summed E-state index contributed by atoms with van der Waals surface area (Å²) in [5.41, 5.74) is 1.95. The Morgan fingerprint density at radius 1 is 1.20 bits per heavy atom. The van der Waals surface area contributed by atoms with Crippen LogP contribution in [-0.4, -0.2) is 70.5 Å². The molecule has 25 heavy (non-hydrogen) atoms. The molecule has 0 saturated carbocycles. The van der Waals surface area contributed by atoms with Crippen molar-refractivity contribution in [1.82, 2.24) is 5.32 Å². The van der Waals surface area contributed by atoms with E-state index in [9.17, 15) is 20.1 Å². The number of rotatable bonds is 9. The van der Waals surface area contributed by atoms with Gasteiger partial charge in [0.2, 0.25) is 0 Å². The van der Waals surface area contributed by atoms with Gasteiger partial charge in [-0.1, -0.05) is 5.57 Å². The summed E-state index contributed by atoms with van der Waals surface area (Å²) in [6.45, 7) is 0.156. The van der Waals surface area contributed by atoms with Gasteiger partial charge >= 0.3 is 0 Å². The first-order valence-electron chi connectivity index (χ1n) is 9.17. The second kappa shape index (κ2) is 9.75. The molecule has 0 aromatic heterocycles. The van der Waals surface area contributed by atoms with E-state index >= 15 is 0 Å². The average Bonchev–Trinajstić information content (AvgIpc) is 2.89. The molecule has 1 aliphatic heterocycles. The number of ether oxygens (including phenoxy) is 1. The molecule has 0 aromatic rings. The smallest absolute Gasteiger partial charge is 0.158 e. The number of unbranched alkanes of at least 4 members (excludes halogenated alkanes) is 1. The number of hydrogen-bond acceptors (Lipinski definition) is 7. The molecule has 2 aliphatic rings. The van der Waals surface area contributed by atoms with Gasteiger partial charge in [0.05, 0.1) is 12.1 Å². The van der Waals surface area contributed by atoms with E-state index in [1.165, 1.54) is 7.11 Å². The van der Waals surface area contributed by atoms with Crippen molar-refractivity contribution in [3.8, 4) is 0 Å². The Hall–Kier alpha value is -0.830. The Morgan fingerprint density at radius 3 is 2.60 bits per heavy atom. The minimum absolute atomic E-state index is 0.146. The molecule has 0 spiro atoms. The number of carbonyl (C=O) groups is 1. The molecule has 0 aromatic carbocycles. The normalized spacial score (nSPS) is 31.6. The van der Waals surface area contributed by atoms with Crippen LogP contribution in [0.4, 0.5) is 0 Å². The van der Waals surface area contributed by atoms with Gasteiger partial charge in [-0.2, -0.15) is 0 Å². The highest BCUT2D eigenvalue weighted by Gasteiger charge is 2.44. The average molecular weight is 357 g/mol. The van der Waals surface area contributed by atoms with Crippen molar-refractivity contribution in [2.45, 2.75) is 81.9 Å². The zero-order valence-electron chi connectivity index (χ0n) is 14.9. The van der Waals surface area contributed by atoms with E-state index < -0.39 is 30.6 Å². The standard InChI is InChI=1S/C18H31NO6/c1-25-18-17(24)16(23)15(19-18)14(22)9-8-12-11(5-2-3-10-20)6-4-7-13(12)21/h14-20,22-24H,2-10H2,1H3. The van der Waals surface area contributed by atoms with Crippen LogP contribution >= 0.6 is 0 Å². The minimum atomic E-state index is -1.11. The van der Waals surface area contributed by atoms with Gasteiger partial charge < -0.3 is 25.2 Å². The molecule has 0 radical (unpaired) electrons. The Balaban J connectivity index is 1.96. The van der Waals surface area contributed by atoms with E-state index in [4.69, 9.17) is 9.84 Å². The zero-order chi connectivity index (χ0) is 18.4. The highest BCUT2D eigenvalue weighted by Crippen LogP contribution is 2.30. The second-order valence-corrected chi connectivity index (χ2v) is 6.98. The summed E-state index contributed by atoms with van der Waals surface area (Å²) in [5, 5.41) is 42.1. The lowest BCUT2D eigenvalue weighted by molar-refractivity contribution is -0.116. The first-order valence-corrected chi connectivity index (χ1v) is 9.17. The lowest BCUT2D eigenvalue weighted by Crippen LogP contribution is -2.44. The van der Waals surface area contributed by atoms with Gasteiger partial charge in [-0.15, -0.1) is 0 Å². The van der Waals surface area contributed by atoms with Gasteiger partial charge in [-0.25, -0.2) is 0 Å². The van der Waals surface area contributed by atoms with Crippen LogP contribution in [-0.2, 0) is 9.53 Å². The van der Waals surface area contributed by atoms with Crippen molar-refractivity contribution >= 4 is 5.78 Å². The molecule has 0 amide bonds. The number of ketones is 1. The number of allylic oxidation sites excluding steroid dienone is 2. The summed E-state index contributed by atoms with van der Waals surface area (Å²) < 4.78 is 5.04. The predicted molar refractivity (Wildman–Crippen MR) is 91.8 cm³/mol. The Morgan fingerprint density at radius 2 is 1.96 bits per heavy atom. The maximum absolute atomic E-state index is 12.3. The first-order chi connectivity index (χ1) is 12.0. The molecule has 2 rings (SSSR count). The van der Waals surface area contributed by atoms with E-state index in [1.807, 2.05) is 0 Å². The number of hydrogen-bond donors (Lipinski definition) is 5. The quantitative estimate of drug-likeness (QED) is 0.369. The van der Waals surface area contributed by atoms with Crippen molar-refractivity contribution in [2.75, 3.05) is 13.7 Å². The summed E-state index contributed by atoms with van der Waals surface area (Å²) >= 11 is 0. The first kappa shape index (κ1) is 20.5. The fraction of sp³-hybridized carbons (Fsp3) is 0.833. The van der Waals surface area contributed by atoms with E-state index in [2.05, 4.69) is 5.32 Å². The lowest BCUT2D eigenvalue weighted by atomic mass is 9.84. The van der Waals surface area contributed by atoms with Gasteiger partial charge in [0, 0.05) is 20.1 Å². The van der Waals surface area contributed by atoms with Gasteiger partial charge in [-0.3, -0.25) is 10.1 Å². The van der Waals surface area contributed by atoms with E-state index in [0.29, 0.717) is 19.3 Å². The zero-order valence-corrected chi connectivity index (χ0v) is 14.9. The van der Waals surface area contributed by atoms with Crippen LogP contribution in [0.15, 0.2) is 11.1 Å². The molecule has 1 heterocycles. The topological polar surface area (TPSA) is 119 Å². The molecular weight excluding hydrogens is 326 g/mol. The molecule has 1 aliphatic carbocycles. The highest BCUT2D eigenvalue weighted by molar-refractivity contribution is 5.96. The molecule has 1 saturated heterocycles. The summed E-state index contributed by atoms with van der Waals surface area (Å²) in [6.07, 6.45) is 1.71. The largest absolute Gasteiger partial charge is 0.396 e. The van der Waals surface area contributed by atoms with Crippen LogP contribution in [0.25, 0.3) is 0 Å². The predicted octanol–water partition coefficient (Wildman–Crippen LogP) is 0.00580. The maximum atomic E-state index is 12.3. The van der Waals surface area contributed by atoms with E-state index in [-0.39, 0.29) is 12.4 Å². The monoisotopic (exact) mass is 357 g/mol. The summed E-state index contributed by atoms with van der Waals surface area (Å²) in [6, 6.07) is -0.683. The molecular formula is C18H31NO6. The third-order valence-electron chi connectivity index (χ3n) is 5.28. The third kappa shape index (κ3) is 5.09. The SMILES string of the molecule is COC1NC(C(O)CCC2=C(CCCCO)CCCC2=O)C(O)C1O. The molecule has 7 heteroatoms. The van der Waals surface area contributed by atoms with Crippen molar-refractivity contribution in [2.24, 2.45) is 0 Å². The summed E-state index contributed by atoms with van der Waals surface area (Å²) in [5.74, 6) is 0.146. The van der Waals surface area contributed by atoms with Gasteiger partial charge in [0.15, 0.2) is 5.78 Å². The summed E-state index contributed by atoms with van der Waals surface area (Å²) in [7, 11) is 1.42. The van der Waals surface area contributed by atoms with E-state index in [1.54, 1.807) is 0 Å². The molecule has 0 bridgehead atoms. The van der Waals surface area contributed by atoms with Crippen LogP contribution in [0.1, 0.15) is 51.4 Å². The molecule has 7 nitrogen and oxygen atoms in total. The highest BCUT2D eigenvalue weighted by atomic mass is 16.5. The molecule has 1 fully saturated rings. The van der Waals surface area contributed by atoms with Crippen LogP contribution in [0.3, 0.4) is 0 Å². The Kier molecular flexibility index (Phi) is 7.99. The summed E-state index contributed by atoms with van der Waals surface area (Å²) in [4.78, 5) is 12.3. The Bertz CT molecular complexity index is 480. The van der Waals surface area contributed by atoms with Crippen molar-refractivity contribution < 1.29 is 30.0 Å². The number of Topliss-reactive ketones (excluding diaryl/α,β-unsaturated/α-hetero) is 1. The van der Waals surface area contributed by atoms with Gasteiger partial charge in [0.1, 0.15) is 18.4 Å². The minimum Gasteiger partial charge on any atom is -0.396 e. The van der Waals surface area contributed by atoms with Crippen molar-refractivity contribution in [3.05, 3.63) is 11.1 Å². The van der Waals surface area contributed by atoms with Crippen LogP contribution in [0, 0.1) is 0 Å². The van der Waals surface area contributed by atoms with E-state index in [0.717, 1.165) is 43.3 Å². The second-order valence-electron chi connectivity index (χ2n) is 6.98. The Labute approximate surface area is 148 Å². The van der Waals surface area contributed by atoms with Crippen LogP contribution in [0.2, 0.25) is 0 Å². The third-order valence-corrected chi connectivity index (χ3v) is 5.28. The van der Waals surface area contributed by atoms with Crippen LogP contribution < -0.4 is 5.32 Å². The molecule has 144 valence electrons. The van der Waals surface area contributed by atoms with Gasteiger partial charge in [0.25, 0.3) is 0 Å². The van der Waals surface area contributed by atoms with Crippen molar-refractivity contribution in [1.29, 1.82) is 0 Å².